The summed E-state index contributed by atoms with van der Waals surface area (Å²) >= 11 is 0. The maximum absolute atomic E-state index is 10.3. The molecule has 0 aliphatic carbocycles. The Morgan fingerprint density at radius 2 is 2.09 bits per heavy atom. The molecule has 3 nitrogen and oxygen atoms in total. The Morgan fingerprint density at radius 1 is 1.55 bits per heavy atom. The zero-order valence-electron chi connectivity index (χ0n) is 7.33. The predicted octanol–water partition coefficient (Wildman–Crippen LogP) is 1.66. The van der Waals surface area contributed by atoms with Crippen LogP contribution < -0.4 is 0 Å². The van der Waals surface area contributed by atoms with Gasteiger partial charge in [0.25, 0.3) is 0 Å². The zero-order chi connectivity index (χ0) is 8.85. The molecule has 0 fully saturated rings. The van der Waals surface area contributed by atoms with Crippen LogP contribution in [0.5, 0.6) is 0 Å². The lowest BCUT2D eigenvalue weighted by molar-refractivity contribution is -0.152. The minimum Gasteiger partial charge on any atom is -0.479 e. The van der Waals surface area contributed by atoms with Crippen LogP contribution in [0.3, 0.4) is 0 Å². The highest BCUT2D eigenvalue weighted by Gasteiger charge is 2.13. The fraction of sp³-hybridized carbons (Fsp3) is 0.875. The van der Waals surface area contributed by atoms with Gasteiger partial charge < -0.3 is 9.84 Å². The van der Waals surface area contributed by atoms with Gasteiger partial charge in [-0.25, -0.2) is 4.79 Å². The average Bonchev–Trinajstić information content (AvgIpc) is 1.87. The number of carboxylic acid groups (broad SMARTS) is 1. The highest BCUT2D eigenvalue weighted by Crippen LogP contribution is 2.04. The Balaban J connectivity index is 3.56. The van der Waals surface area contributed by atoms with Gasteiger partial charge in [-0.15, -0.1) is 0 Å². The molecule has 0 bridgehead atoms. The van der Waals surface area contributed by atoms with Gasteiger partial charge in [-0.2, -0.15) is 0 Å². The van der Waals surface area contributed by atoms with Crippen molar-refractivity contribution in [1.82, 2.24) is 0 Å². The lowest BCUT2D eigenvalue weighted by atomic mass is 10.2. The molecule has 1 N–H and O–H groups in total. The molecule has 0 saturated heterocycles. The monoisotopic (exact) mass is 160 g/mol. The molecule has 0 saturated carbocycles. The van der Waals surface area contributed by atoms with E-state index in [4.69, 9.17) is 9.84 Å². The Hall–Kier alpha value is -0.570. The van der Waals surface area contributed by atoms with E-state index in [2.05, 4.69) is 0 Å². The van der Waals surface area contributed by atoms with Crippen molar-refractivity contribution in [2.45, 2.75) is 45.8 Å². The first kappa shape index (κ1) is 10.4. The van der Waals surface area contributed by atoms with Crippen LogP contribution in [0.4, 0.5) is 0 Å². The third kappa shape index (κ3) is 4.79. The largest absolute Gasteiger partial charge is 0.479 e. The van der Waals surface area contributed by atoms with E-state index in [1.54, 1.807) is 6.92 Å². The number of hydrogen-bond acceptors (Lipinski definition) is 2. The SMILES string of the molecule is CCCC(C)OC(C)C(=O)O. The standard InChI is InChI=1S/C8H16O3/c1-4-5-6(2)11-7(3)8(9)10/h6-7H,4-5H2,1-3H3,(H,9,10). The number of hydrogen-bond donors (Lipinski definition) is 1. The average molecular weight is 160 g/mol. The summed E-state index contributed by atoms with van der Waals surface area (Å²) in [4.78, 5) is 10.3. The maximum Gasteiger partial charge on any atom is 0.332 e. The second-order valence-corrected chi connectivity index (χ2v) is 2.72. The second-order valence-electron chi connectivity index (χ2n) is 2.72. The first-order valence-corrected chi connectivity index (χ1v) is 3.96. The van der Waals surface area contributed by atoms with Crippen LogP contribution in [0, 0.1) is 0 Å². The van der Waals surface area contributed by atoms with E-state index in [9.17, 15) is 4.79 Å². The Morgan fingerprint density at radius 3 is 2.45 bits per heavy atom. The first-order valence-electron chi connectivity index (χ1n) is 3.96. The van der Waals surface area contributed by atoms with Crippen LogP contribution in [0.15, 0.2) is 0 Å². The fourth-order valence-corrected chi connectivity index (χ4v) is 0.881. The van der Waals surface area contributed by atoms with Crippen molar-refractivity contribution in [3.8, 4) is 0 Å². The molecule has 0 aromatic heterocycles. The molecule has 0 aromatic carbocycles. The van der Waals surface area contributed by atoms with Crippen LogP contribution >= 0.6 is 0 Å². The molecular formula is C8H16O3. The van der Waals surface area contributed by atoms with E-state index in [0.29, 0.717) is 0 Å². The van der Waals surface area contributed by atoms with Gasteiger partial charge >= 0.3 is 5.97 Å². The van der Waals surface area contributed by atoms with Crippen molar-refractivity contribution in [3.05, 3.63) is 0 Å². The first-order chi connectivity index (χ1) is 5.07. The second kappa shape index (κ2) is 5.13. The zero-order valence-corrected chi connectivity index (χ0v) is 7.33. The molecule has 2 unspecified atom stereocenters. The Kier molecular flexibility index (Phi) is 4.86. The predicted molar refractivity (Wildman–Crippen MR) is 42.6 cm³/mol. The van der Waals surface area contributed by atoms with E-state index < -0.39 is 12.1 Å². The number of rotatable bonds is 5. The van der Waals surface area contributed by atoms with Crippen molar-refractivity contribution in [1.29, 1.82) is 0 Å². The molecule has 66 valence electrons. The molecule has 0 amide bonds. The topological polar surface area (TPSA) is 46.5 Å². The van der Waals surface area contributed by atoms with Crippen molar-refractivity contribution in [2.75, 3.05) is 0 Å². The highest BCUT2D eigenvalue weighted by atomic mass is 16.5. The highest BCUT2D eigenvalue weighted by molar-refractivity contribution is 5.71. The normalized spacial score (nSPS) is 15.9. The molecular weight excluding hydrogens is 144 g/mol. The summed E-state index contributed by atoms with van der Waals surface area (Å²) in [6.07, 6.45) is 1.30. The van der Waals surface area contributed by atoms with Crippen LogP contribution in [0.2, 0.25) is 0 Å². The van der Waals surface area contributed by atoms with E-state index in [1.165, 1.54) is 0 Å². The van der Waals surface area contributed by atoms with Gasteiger partial charge in [0, 0.05) is 0 Å². The van der Waals surface area contributed by atoms with Crippen molar-refractivity contribution in [2.24, 2.45) is 0 Å². The molecule has 2 atom stereocenters. The van der Waals surface area contributed by atoms with Gasteiger partial charge in [0.2, 0.25) is 0 Å². The van der Waals surface area contributed by atoms with Gasteiger partial charge in [-0.05, 0) is 20.3 Å². The van der Waals surface area contributed by atoms with Crippen molar-refractivity contribution >= 4 is 5.97 Å². The lowest BCUT2D eigenvalue weighted by Crippen LogP contribution is -2.24. The van der Waals surface area contributed by atoms with Crippen molar-refractivity contribution < 1.29 is 14.6 Å². The molecule has 0 aliphatic heterocycles. The van der Waals surface area contributed by atoms with Gasteiger partial charge in [0.1, 0.15) is 0 Å². The van der Waals surface area contributed by atoms with Gasteiger partial charge in [-0.1, -0.05) is 13.3 Å². The minimum atomic E-state index is -0.895. The molecule has 0 radical (unpaired) electrons. The number of carbonyl (C=O) groups is 1. The smallest absolute Gasteiger partial charge is 0.332 e. The summed E-state index contributed by atoms with van der Waals surface area (Å²) in [5.74, 6) is -0.895. The van der Waals surface area contributed by atoms with E-state index in [0.717, 1.165) is 12.8 Å². The van der Waals surface area contributed by atoms with Crippen LogP contribution in [0.25, 0.3) is 0 Å². The summed E-state index contributed by atoms with van der Waals surface area (Å²) in [7, 11) is 0. The fourth-order valence-electron chi connectivity index (χ4n) is 0.881. The molecule has 0 aromatic rings. The number of aliphatic carboxylic acids is 1. The van der Waals surface area contributed by atoms with Gasteiger partial charge in [0.15, 0.2) is 6.10 Å². The van der Waals surface area contributed by atoms with Crippen LogP contribution in [-0.4, -0.2) is 23.3 Å². The third-order valence-corrected chi connectivity index (χ3v) is 1.48. The summed E-state index contributed by atoms with van der Waals surface area (Å²) in [5.41, 5.74) is 0. The van der Waals surface area contributed by atoms with E-state index in [1.807, 2.05) is 13.8 Å². The molecule has 3 heteroatoms. The van der Waals surface area contributed by atoms with Crippen molar-refractivity contribution in [3.63, 3.8) is 0 Å². The Bertz CT molecular complexity index is 123. The summed E-state index contributed by atoms with van der Waals surface area (Å²) < 4.78 is 5.15. The number of carboxylic acids is 1. The van der Waals surface area contributed by atoms with E-state index in [-0.39, 0.29) is 6.10 Å². The van der Waals surface area contributed by atoms with Gasteiger partial charge in [-0.3, -0.25) is 0 Å². The lowest BCUT2D eigenvalue weighted by Gasteiger charge is -2.14. The quantitative estimate of drug-likeness (QED) is 0.665. The van der Waals surface area contributed by atoms with Crippen LogP contribution in [-0.2, 0) is 9.53 Å². The molecule has 0 spiro atoms. The van der Waals surface area contributed by atoms with E-state index >= 15 is 0 Å². The molecule has 0 rings (SSSR count). The molecule has 0 heterocycles. The van der Waals surface area contributed by atoms with Crippen LogP contribution in [0.1, 0.15) is 33.6 Å². The molecule has 0 aliphatic rings. The maximum atomic E-state index is 10.3. The Labute approximate surface area is 67.4 Å². The summed E-state index contributed by atoms with van der Waals surface area (Å²) in [6.45, 7) is 5.49. The molecule has 11 heavy (non-hydrogen) atoms. The summed E-state index contributed by atoms with van der Waals surface area (Å²) in [6, 6.07) is 0. The summed E-state index contributed by atoms with van der Waals surface area (Å²) in [5, 5.41) is 8.47. The number of ether oxygens (including phenoxy) is 1. The minimum absolute atomic E-state index is 0.0473. The van der Waals surface area contributed by atoms with Gasteiger partial charge in [0.05, 0.1) is 6.10 Å². The third-order valence-electron chi connectivity index (χ3n) is 1.48.